The number of carbonyl (C=O) groups excluding carboxylic acids is 1. The number of halogens is 1. The Kier molecular flexibility index (Phi) is 3.16. The first-order valence-electron chi connectivity index (χ1n) is 6.20. The molecule has 0 unspecified atom stereocenters. The lowest BCUT2D eigenvalue weighted by Gasteiger charge is -2.03. The van der Waals surface area contributed by atoms with Crippen molar-refractivity contribution in [3.05, 3.63) is 65.6 Å². The number of para-hydroxylation sites is 1. The zero-order valence-electron chi connectivity index (χ0n) is 10.6. The van der Waals surface area contributed by atoms with Crippen LogP contribution in [0.2, 0.25) is 0 Å². The fraction of sp³-hybridized carbons (Fsp3) is 0.0667. The number of amides is 1. The minimum atomic E-state index is -0.293. The van der Waals surface area contributed by atoms with Crippen LogP contribution >= 0.6 is 0 Å². The molecule has 2 aromatic carbocycles. The predicted molar refractivity (Wildman–Crippen MR) is 73.7 cm³/mol. The minimum Gasteiger partial charge on any atom is -0.347 e. The Balaban J connectivity index is 1.75. The average Bonchev–Trinajstić information content (AvgIpc) is 2.90. The topological polar surface area (TPSA) is 57.8 Å². The van der Waals surface area contributed by atoms with Crippen LogP contribution in [0.5, 0.6) is 0 Å². The summed E-state index contributed by atoms with van der Waals surface area (Å²) in [6.07, 6.45) is 0. The molecule has 100 valence electrons. The molecule has 0 radical (unpaired) electrons. The summed E-state index contributed by atoms with van der Waals surface area (Å²) in [7, 11) is 0. The van der Waals surface area contributed by atoms with Crippen molar-refractivity contribution in [2.24, 2.45) is 0 Å². The van der Waals surface area contributed by atoms with E-state index < -0.39 is 0 Å². The molecule has 20 heavy (non-hydrogen) atoms. The van der Waals surface area contributed by atoms with E-state index in [0.29, 0.717) is 12.2 Å². The van der Waals surface area contributed by atoms with E-state index in [1.165, 1.54) is 12.1 Å². The average molecular weight is 269 g/mol. The smallest absolute Gasteiger partial charge is 0.272 e. The molecule has 5 heteroatoms. The van der Waals surface area contributed by atoms with E-state index in [1.807, 2.05) is 24.3 Å². The Bertz CT molecular complexity index is 749. The second-order valence-electron chi connectivity index (χ2n) is 4.43. The third-order valence-corrected chi connectivity index (χ3v) is 3.05. The van der Waals surface area contributed by atoms with Crippen LogP contribution in [-0.2, 0) is 6.54 Å². The van der Waals surface area contributed by atoms with Gasteiger partial charge in [-0.3, -0.25) is 9.89 Å². The van der Waals surface area contributed by atoms with E-state index in [4.69, 9.17) is 0 Å². The molecular weight excluding hydrogens is 257 g/mol. The van der Waals surface area contributed by atoms with Gasteiger partial charge in [0.25, 0.3) is 5.91 Å². The normalized spacial score (nSPS) is 10.7. The molecule has 1 amide bonds. The zero-order valence-corrected chi connectivity index (χ0v) is 10.6. The van der Waals surface area contributed by atoms with Gasteiger partial charge >= 0.3 is 0 Å². The van der Waals surface area contributed by atoms with Crippen LogP contribution in [0.15, 0.2) is 48.5 Å². The van der Waals surface area contributed by atoms with Gasteiger partial charge in [0.05, 0.1) is 5.52 Å². The van der Waals surface area contributed by atoms with Crippen molar-refractivity contribution >= 4 is 16.8 Å². The number of carbonyl (C=O) groups is 1. The van der Waals surface area contributed by atoms with Gasteiger partial charge in [-0.05, 0) is 23.8 Å². The number of hydrogen-bond acceptors (Lipinski definition) is 2. The lowest BCUT2D eigenvalue weighted by atomic mass is 10.2. The second kappa shape index (κ2) is 5.13. The summed E-state index contributed by atoms with van der Waals surface area (Å²) in [6.45, 7) is 0.334. The Labute approximate surface area is 114 Å². The monoisotopic (exact) mass is 269 g/mol. The van der Waals surface area contributed by atoms with Crippen molar-refractivity contribution in [3.63, 3.8) is 0 Å². The van der Waals surface area contributed by atoms with Gasteiger partial charge in [-0.2, -0.15) is 5.10 Å². The largest absolute Gasteiger partial charge is 0.347 e. The highest BCUT2D eigenvalue weighted by molar-refractivity contribution is 6.04. The van der Waals surface area contributed by atoms with E-state index in [9.17, 15) is 9.18 Å². The van der Waals surface area contributed by atoms with Crippen LogP contribution in [-0.4, -0.2) is 16.1 Å². The lowest BCUT2D eigenvalue weighted by molar-refractivity contribution is 0.0947. The maximum absolute atomic E-state index is 12.8. The van der Waals surface area contributed by atoms with Crippen molar-refractivity contribution in [3.8, 4) is 0 Å². The van der Waals surface area contributed by atoms with Gasteiger partial charge in [-0.25, -0.2) is 4.39 Å². The molecule has 0 atom stereocenters. The van der Waals surface area contributed by atoms with Crippen LogP contribution in [0, 0.1) is 5.82 Å². The fourth-order valence-electron chi connectivity index (χ4n) is 2.00. The van der Waals surface area contributed by atoms with Gasteiger partial charge in [-0.1, -0.05) is 30.3 Å². The molecular formula is C15H12FN3O. The molecule has 1 aromatic heterocycles. The number of nitrogens with zero attached hydrogens (tertiary/aromatic N) is 1. The van der Waals surface area contributed by atoms with Crippen LogP contribution in [0.4, 0.5) is 4.39 Å². The second-order valence-corrected chi connectivity index (χ2v) is 4.43. The molecule has 3 aromatic rings. The van der Waals surface area contributed by atoms with Crippen LogP contribution < -0.4 is 5.32 Å². The number of nitrogens with one attached hydrogen (secondary N) is 2. The van der Waals surface area contributed by atoms with E-state index in [1.54, 1.807) is 12.1 Å². The summed E-state index contributed by atoms with van der Waals surface area (Å²) < 4.78 is 12.8. The summed E-state index contributed by atoms with van der Waals surface area (Å²) in [5, 5.41) is 10.4. The van der Waals surface area contributed by atoms with Crippen molar-refractivity contribution in [1.29, 1.82) is 0 Å². The zero-order chi connectivity index (χ0) is 13.9. The highest BCUT2D eigenvalue weighted by Crippen LogP contribution is 2.14. The number of H-pyrrole nitrogens is 1. The summed E-state index contributed by atoms with van der Waals surface area (Å²) >= 11 is 0. The molecule has 3 rings (SSSR count). The quantitative estimate of drug-likeness (QED) is 0.768. The molecule has 4 nitrogen and oxygen atoms in total. The summed E-state index contributed by atoms with van der Waals surface area (Å²) in [5.74, 6) is -0.551. The van der Waals surface area contributed by atoms with Crippen LogP contribution in [0.25, 0.3) is 10.9 Å². The molecule has 0 aliphatic rings. The van der Waals surface area contributed by atoms with Gasteiger partial charge in [0.15, 0.2) is 5.69 Å². The molecule has 0 aliphatic heterocycles. The molecule has 0 bridgehead atoms. The minimum absolute atomic E-state index is 0.258. The first-order valence-corrected chi connectivity index (χ1v) is 6.20. The first kappa shape index (κ1) is 12.3. The maximum atomic E-state index is 12.8. The van der Waals surface area contributed by atoms with Crippen LogP contribution in [0.1, 0.15) is 16.1 Å². The van der Waals surface area contributed by atoms with Crippen molar-refractivity contribution in [2.45, 2.75) is 6.54 Å². The number of aromatic nitrogens is 2. The maximum Gasteiger partial charge on any atom is 0.272 e. The molecule has 1 heterocycles. The van der Waals surface area contributed by atoms with E-state index >= 15 is 0 Å². The molecule has 0 saturated carbocycles. The summed E-state index contributed by atoms with van der Waals surface area (Å²) in [4.78, 5) is 12.1. The lowest BCUT2D eigenvalue weighted by Crippen LogP contribution is -2.23. The highest BCUT2D eigenvalue weighted by Gasteiger charge is 2.13. The standard InChI is InChI=1S/C15H12FN3O/c16-11-7-5-10(6-8-11)9-17-15(20)14-12-3-1-2-4-13(12)18-19-14/h1-8H,9H2,(H,17,20)(H,18,19). The Morgan fingerprint density at radius 1 is 1.15 bits per heavy atom. The Morgan fingerprint density at radius 3 is 2.70 bits per heavy atom. The first-order chi connectivity index (χ1) is 9.74. The van der Waals surface area contributed by atoms with Crippen molar-refractivity contribution < 1.29 is 9.18 Å². The third kappa shape index (κ3) is 2.38. The van der Waals surface area contributed by atoms with E-state index in [2.05, 4.69) is 15.5 Å². The third-order valence-electron chi connectivity index (χ3n) is 3.05. The van der Waals surface area contributed by atoms with Gasteiger partial charge in [0.1, 0.15) is 5.82 Å². The van der Waals surface area contributed by atoms with Crippen molar-refractivity contribution in [1.82, 2.24) is 15.5 Å². The number of aromatic amines is 1. The SMILES string of the molecule is O=C(NCc1ccc(F)cc1)c1n[nH]c2ccccc12. The number of rotatable bonds is 3. The Morgan fingerprint density at radius 2 is 1.90 bits per heavy atom. The van der Waals surface area contributed by atoms with Crippen molar-refractivity contribution in [2.75, 3.05) is 0 Å². The molecule has 2 N–H and O–H groups in total. The van der Waals surface area contributed by atoms with Gasteiger partial charge < -0.3 is 5.32 Å². The predicted octanol–water partition coefficient (Wildman–Crippen LogP) is 2.63. The van der Waals surface area contributed by atoms with Gasteiger partial charge in [-0.15, -0.1) is 0 Å². The van der Waals surface area contributed by atoms with E-state index in [0.717, 1.165) is 16.5 Å². The number of hydrogen-bond donors (Lipinski definition) is 2. The number of fused-ring (bicyclic) bond motifs is 1. The molecule has 0 saturated heterocycles. The molecule has 0 fully saturated rings. The van der Waals surface area contributed by atoms with Gasteiger partial charge in [0.2, 0.25) is 0 Å². The summed E-state index contributed by atoms with van der Waals surface area (Å²) in [5.41, 5.74) is 2.02. The number of benzene rings is 2. The van der Waals surface area contributed by atoms with E-state index in [-0.39, 0.29) is 11.7 Å². The van der Waals surface area contributed by atoms with Crippen LogP contribution in [0.3, 0.4) is 0 Å². The Hall–Kier alpha value is -2.69. The fourth-order valence-corrected chi connectivity index (χ4v) is 2.00. The van der Waals surface area contributed by atoms with Gasteiger partial charge in [0, 0.05) is 11.9 Å². The highest BCUT2D eigenvalue weighted by atomic mass is 19.1. The molecule has 0 aliphatic carbocycles. The summed E-state index contributed by atoms with van der Waals surface area (Å²) in [6, 6.07) is 13.4. The molecule has 0 spiro atoms.